The van der Waals surface area contributed by atoms with E-state index >= 15 is 0 Å². The summed E-state index contributed by atoms with van der Waals surface area (Å²) >= 11 is 5.06. The Hall–Kier alpha value is -1.59. The van der Waals surface area contributed by atoms with E-state index in [1.165, 1.54) is 17.9 Å². The molecule has 0 saturated carbocycles. The summed E-state index contributed by atoms with van der Waals surface area (Å²) in [5.74, 6) is 0. The molecule has 0 aliphatic heterocycles. The fraction of sp³-hybridized carbons (Fsp3) is 0. The van der Waals surface area contributed by atoms with Crippen LogP contribution in [0.5, 0.6) is 0 Å². The van der Waals surface area contributed by atoms with E-state index < -0.39 is 0 Å². The molecule has 0 fully saturated rings. The van der Waals surface area contributed by atoms with Crippen LogP contribution in [0, 0.1) is 0 Å². The van der Waals surface area contributed by atoms with Gasteiger partial charge in [0.15, 0.2) is 0 Å². The molecule has 88 valence electrons. The number of rotatable bonds is 2. The summed E-state index contributed by atoms with van der Waals surface area (Å²) in [5.41, 5.74) is 3.03. The van der Waals surface area contributed by atoms with Gasteiger partial charge in [0.2, 0.25) is 0 Å². The molecule has 2 aromatic heterocycles. The SMILES string of the molecule is Brc1c(-c2ccccc2)nsc1-c1cncnc1. The van der Waals surface area contributed by atoms with Crippen molar-refractivity contribution >= 4 is 27.5 Å². The van der Waals surface area contributed by atoms with Gasteiger partial charge in [-0.25, -0.2) is 9.97 Å². The molecule has 0 unspecified atom stereocenters. The quantitative estimate of drug-likeness (QED) is 0.716. The number of hydrogen-bond donors (Lipinski definition) is 0. The molecule has 3 aromatic rings. The van der Waals surface area contributed by atoms with Crippen LogP contribution in [0.4, 0.5) is 0 Å². The molecule has 0 aliphatic rings. The second kappa shape index (κ2) is 4.96. The van der Waals surface area contributed by atoms with E-state index in [1.807, 2.05) is 30.3 Å². The second-order valence-electron chi connectivity index (χ2n) is 3.67. The Bertz CT molecular complexity index is 596. The zero-order chi connectivity index (χ0) is 12.4. The molecule has 2 heterocycles. The van der Waals surface area contributed by atoms with Crippen LogP contribution in [0.25, 0.3) is 21.7 Å². The normalized spacial score (nSPS) is 10.5. The van der Waals surface area contributed by atoms with Gasteiger partial charge in [-0.3, -0.25) is 0 Å². The Balaban J connectivity index is 2.09. The predicted octanol–water partition coefficient (Wildman–Crippen LogP) is 4.03. The van der Waals surface area contributed by atoms with Crippen molar-refractivity contribution in [1.82, 2.24) is 14.3 Å². The van der Waals surface area contributed by atoms with E-state index in [4.69, 9.17) is 0 Å². The first-order chi connectivity index (χ1) is 8.86. The maximum atomic E-state index is 4.50. The maximum Gasteiger partial charge on any atom is 0.115 e. The van der Waals surface area contributed by atoms with Crippen LogP contribution >= 0.6 is 27.5 Å². The van der Waals surface area contributed by atoms with Crippen LogP contribution in [0.1, 0.15) is 0 Å². The lowest BCUT2D eigenvalue weighted by Gasteiger charge is -1.98. The summed E-state index contributed by atoms with van der Waals surface area (Å²) in [5, 5.41) is 0. The zero-order valence-corrected chi connectivity index (χ0v) is 11.6. The van der Waals surface area contributed by atoms with Gasteiger partial charge in [-0.1, -0.05) is 30.3 Å². The molecule has 0 amide bonds. The molecule has 3 nitrogen and oxygen atoms in total. The lowest BCUT2D eigenvalue weighted by atomic mass is 10.1. The molecule has 1 aromatic carbocycles. The van der Waals surface area contributed by atoms with E-state index in [9.17, 15) is 0 Å². The second-order valence-corrected chi connectivity index (χ2v) is 5.23. The van der Waals surface area contributed by atoms with Gasteiger partial charge in [0, 0.05) is 23.5 Å². The zero-order valence-electron chi connectivity index (χ0n) is 9.25. The van der Waals surface area contributed by atoms with Gasteiger partial charge in [-0.05, 0) is 27.5 Å². The molecule has 0 spiro atoms. The maximum absolute atomic E-state index is 4.50. The highest BCUT2D eigenvalue weighted by Gasteiger charge is 2.14. The Morgan fingerprint density at radius 3 is 2.39 bits per heavy atom. The van der Waals surface area contributed by atoms with E-state index in [0.29, 0.717) is 0 Å². The van der Waals surface area contributed by atoms with E-state index in [1.54, 1.807) is 12.4 Å². The molecule has 0 N–H and O–H groups in total. The first-order valence-electron chi connectivity index (χ1n) is 5.32. The number of nitrogens with zero attached hydrogens (tertiary/aromatic N) is 3. The fourth-order valence-corrected chi connectivity index (χ4v) is 3.30. The highest BCUT2D eigenvalue weighted by atomic mass is 79.9. The van der Waals surface area contributed by atoms with Gasteiger partial charge in [-0.15, -0.1) is 0 Å². The summed E-state index contributed by atoms with van der Waals surface area (Å²) < 4.78 is 5.50. The van der Waals surface area contributed by atoms with Crippen molar-refractivity contribution in [3.8, 4) is 21.7 Å². The Morgan fingerprint density at radius 1 is 0.944 bits per heavy atom. The first-order valence-corrected chi connectivity index (χ1v) is 6.89. The third-order valence-electron chi connectivity index (χ3n) is 2.51. The average Bonchev–Trinajstić information content (AvgIpc) is 2.83. The largest absolute Gasteiger partial charge is 0.244 e. The van der Waals surface area contributed by atoms with Gasteiger partial charge >= 0.3 is 0 Å². The van der Waals surface area contributed by atoms with Crippen molar-refractivity contribution in [3.63, 3.8) is 0 Å². The summed E-state index contributed by atoms with van der Waals surface area (Å²) in [6, 6.07) is 10.1. The lowest BCUT2D eigenvalue weighted by Crippen LogP contribution is -1.80. The Labute approximate surface area is 117 Å². The lowest BCUT2D eigenvalue weighted by molar-refractivity contribution is 1.17. The Kier molecular flexibility index (Phi) is 3.17. The van der Waals surface area contributed by atoms with Crippen molar-refractivity contribution in [2.45, 2.75) is 0 Å². The minimum absolute atomic E-state index is 0.958. The molecule has 0 bridgehead atoms. The van der Waals surface area contributed by atoms with Crippen LogP contribution in [0.15, 0.2) is 53.5 Å². The monoisotopic (exact) mass is 317 g/mol. The highest BCUT2D eigenvalue weighted by molar-refractivity contribution is 9.10. The van der Waals surface area contributed by atoms with Crippen molar-refractivity contribution < 1.29 is 0 Å². The van der Waals surface area contributed by atoms with Crippen LogP contribution in [0.2, 0.25) is 0 Å². The smallest absolute Gasteiger partial charge is 0.115 e. The van der Waals surface area contributed by atoms with Crippen molar-refractivity contribution in [3.05, 3.63) is 53.5 Å². The Morgan fingerprint density at radius 2 is 1.67 bits per heavy atom. The summed E-state index contributed by atoms with van der Waals surface area (Å²) in [7, 11) is 0. The molecule has 5 heteroatoms. The standard InChI is InChI=1S/C13H8BrN3S/c14-11-12(9-4-2-1-3-5-9)17-18-13(11)10-6-15-8-16-7-10/h1-8H. The van der Waals surface area contributed by atoms with Gasteiger partial charge in [0.05, 0.1) is 15.0 Å². The summed E-state index contributed by atoms with van der Waals surface area (Å²) in [6.45, 7) is 0. The number of aromatic nitrogens is 3. The van der Waals surface area contributed by atoms with E-state index in [-0.39, 0.29) is 0 Å². The third-order valence-corrected chi connectivity index (χ3v) is 4.44. The fourth-order valence-electron chi connectivity index (χ4n) is 1.65. The van der Waals surface area contributed by atoms with Crippen molar-refractivity contribution in [2.24, 2.45) is 0 Å². The highest BCUT2D eigenvalue weighted by Crippen LogP contribution is 2.38. The topological polar surface area (TPSA) is 38.7 Å². The molecule has 0 aliphatic carbocycles. The minimum Gasteiger partial charge on any atom is -0.244 e. The van der Waals surface area contributed by atoms with Crippen LogP contribution in [0.3, 0.4) is 0 Å². The minimum atomic E-state index is 0.958. The number of hydrogen-bond acceptors (Lipinski definition) is 4. The van der Waals surface area contributed by atoms with Gasteiger partial charge in [0.25, 0.3) is 0 Å². The van der Waals surface area contributed by atoms with Crippen molar-refractivity contribution in [1.29, 1.82) is 0 Å². The van der Waals surface area contributed by atoms with Crippen LogP contribution in [-0.4, -0.2) is 14.3 Å². The van der Waals surface area contributed by atoms with Crippen LogP contribution in [-0.2, 0) is 0 Å². The molecule has 18 heavy (non-hydrogen) atoms. The summed E-state index contributed by atoms with van der Waals surface area (Å²) in [4.78, 5) is 9.11. The van der Waals surface area contributed by atoms with E-state index in [0.717, 1.165) is 26.2 Å². The molecule has 0 radical (unpaired) electrons. The molecular weight excluding hydrogens is 310 g/mol. The number of benzene rings is 1. The van der Waals surface area contributed by atoms with Gasteiger partial charge < -0.3 is 0 Å². The molecular formula is C13H8BrN3S. The van der Waals surface area contributed by atoms with Gasteiger partial charge in [0.1, 0.15) is 6.33 Å². The predicted molar refractivity (Wildman–Crippen MR) is 76.3 cm³/mol. The third kappa shape index (κ3) is 2.07. The van der Waals surface area contributed by atoms with Crippen LogP contribution < -0.4 is 0 Å². The van der Waals surface area contributed by atoms with Crippen molar-refractivity contribution in [2.75, 3.05) is 0 Å². The van der Waals surface area contributed by atoms with E-state index in [2.05, 4.69) is 30.3 Å². The summed E-state index contributed by atoms with van der Waals surface area (Å²) in [6.07, 6.45) is 5.11. The molecule has 3 rings (SSSR count). The first kappa shape index (κ1) is 11.5. The molecule has 0 saturated heterocycles. The number of halogens is 1. The molecule has 0 atom stereocenters. The average molecular weight is 318 g/mol. The van der Waals surface area contributed by atoms with Gasteiger partial charge in [-0.2, -0.15) is 4.37 Å².